The van der Waals surface area contributed by atoms with E-state index in [2.05, 4.69) is 43.1 Å². The molecule has 0 amide bonds. The molecular weight excluding hydrogens is 281 g/mol. The number of aromatic nitrogens is 4. The largest absolute Gasteiger partial charge is 0.356 e. The standard InChI is InChI=1S/C7H8IN5/c1-2-9-7-10-3-5(8)6-12-11-4-13(6)7/h3-4H,2H2,1H3,(H,9,10). The molecule has 0 saturated heterocycles. The number of hydrogen-bond acceptors (Lipinski definition) is 4. The molecular formula is C7H8IN5. The van der Waals surface area contributed by atoms with Crippen molar-refractivity contribution in [3.05, 3.63) is 16.1 Å². The smallest absolute Gasteiger partial charge is 0.209 e. The molecule has 6 heteroatoms. The minimum Gasteiger partial charge on any atom is -0.356 e. The number of rotatable bonds is 2. The number of halogens is 1. The molecule has 0 aliphatic rings. The van der Waals surface area contributed by atoms with Gasteiger partial charge in [0, 0.05) is 12.7 Å². The van der Waals surface area contributed by atoms with Gasteiger partial charge in [-0.05, 0) is 29.5 Å². The van der Waals surface area contributed by atoms with Gasteiger partial charge in [0.05, 0.1) is 3.57 Å². The van der Waals surface area contributed by atoms with Gasteiger partial charge in [-0.1, -0.05) is 0 Å². The molecule has 2 aromatic rings. The van der Waals surface area contributed by atoms with E-state index in [-0.39, 0.29) is 0 Å². The second-order valence-electron chi connectivity index (χ2n) is 2.48. The zero-order chi connectivity index (χ0) is 9.26. The molecule has 0 spiro atoms. The van der Waals surface area contributed by atoms with E-state index in [9.17, 15) is 0 Å². The highest BCUT2D eigenvalue weighted by molar-refractivity contribution is 14.1. The Bertz CT molecular complexity index is 424. The minimum atomic E-state index is 0.780. The van der Waals surface area contributed by atoms with Crippen LogP contribution in [0.2, 0.25) is 0 Å². The molecule has 0 aliphatic heterocycles. The lowest BCUT2D eigenvalue weighted by atomic mass is 10.6. The van der Waals surface area contributed by atoms with Crippen LogP contribution in [0, 0.1) is 3.57 Å². The Morgan fingerprint density at radius 2 is 2.46 bits per heavy atom. The number of anilines is 1. The van der Waals surface area contributed by atoms with Crippen LogP contribution in [0.1, 0.15) is 6.92 Å². The highest BCUT2D eigenvalue weighted by Gasteiger charge is 2.05. The Hall–Kier alpha value is -0.920. The topological polar surface area (TPSA) is 55.1 Å². The summed E-state index contributed by atoms with van der Waals surface area (Å²) in [5, 5.41) is 11.0. The van der Waals surface area contributed by atoms with Gasteiger partial charge in [0.2, 0.25) is 5.95 Å². The molecule has 2 heterocycles. The van der Waals surface area contributed by atoms with E-state index in [1.165, 1.54) is 0 Å². The number of hydrogen-bond donors (Lipinski definition) is 1. The van der Waals surface area contributed by atoms with Gasteiger partial charge in [0.25, 0.3) is 0 Å². The lowest BCUT2D eigenvalue weighted by Gasteiger charge is -2.04. The lowest BCUT2D eigenvalue weighted by Crippen LogP contribution is -2.05. The molecule has 0 radical (unpaired) electrons. The summed E-state index contributed by atoms with van der Waals surface area (Å²) in [4.78, 5) is 4.23. The molecule has 5 nitrogen and oxygen atoms in total. The van der Waals surface area contributed by atoms with Gasteiger partial charge < -0.3 is 5.32 Å². The van der Waals surface area contributed by atoms with Crippen LogP contribution in [-0.2, 0) is 0 Å². The molecule has 2 rings (SSSR count). The van der Waals surface area contributed by atoms with Crippen molar-refractivity contribution < 1.29 is 0 Å². The zero-order valence-corrected chi connectivity index (χ0v) is 9.19. The Kier molecular flexibility index (Phi) is 2.30. The molecule has 0 atom stereocenters. The average Bonchev–Trinajstić information content (AvgIpc) is 2.59. The molecule has 0 unspecified atom stereocenters. The van der Waals surface area contributed by atoms with Gasteiger partial charge in [0.1, 0.15) is 6.33 Å². The van der Waals surface area contributed by atoms with Gasteiger partial charge in [0.15, 0.2) is 5.65 Å². The Morgan fingerprint density at radius 1 is 1.62 bits per heavy atom. The first kappa shape index (κ1) is 8.67. The fraction of sp³-hybridized carbons (Fsp3) is 0.286. The summed E-state index contributed by atoms with van der Waals surface area (Å²) < 4.78 is 2.84. The van der Waals surface area contributed by atoms with Crippen molar-refractivity contribution in [1.29, 1.82) is 0 Å². The van der Waals surface area contributed by atoms with Crippen LogP contribution in [0.3, 0.4) is 0 Å². The summed E-state index contributed by atoms with van der Waals surface area (Å²) >= 11 is 2.19. The van der Waals surface area contributed by atoms with Crippen LogP contribution in [0.25, 0.3) is 5.65 Å². The Labute approximate surface area is 88.7 Å². The number of nitrogens with one attached hydrogen (secondary N) is 1. The molecule has 1 N–H and O–H groups in total. The number of fused-ring (bicyclic) bond motifs is 1. The van der Waals surface area contributed by atoms with Crippen LogP contribution in [0.4, 0.5) is 5.95 Å². The maximum atomic E-state index is 4.23. The number of nitrogens with zero attached hydrogens (tertiary/aromatic N) is 4. The molecule has 13 heavy (non-hydrogen) atoms. The van der Waals surface area contributed by atoms with Gasteiger partial charge in [-0.25, -0.2) is 4.98 Å². The third kappa shape index (κ3) is 1.45. The van der Waals surface area contributed by atoms with Crippen LogP contribution >= 0.6 is 22.6 Å². The van der Waals surface area contributed by atoms with E-state index in [1.54, 1.807) is 12.5 Å². The molecule has 0 aromatic carbocycles. The monoisotopic (exact) mass is 289 g/mol. The third-order valence-corrected chi connectivity index (χ3v) is 2.39. The summed E-state index contributed by atoms with van der Waals surface area (Å²) in [5.41, 5.74) is 0.839. The Morgan fingerprint density at radius 3 is 3.23 bits per heavy atom. The summed E-state index contributed by atoms with van der Waals surface area (Å²) in [6.45, 7) is 2.86. The normalized spacial score (nSPS) is 10.6. The highest BCUT2D eigenvalue weighted by atomic mass is 127. The molecule has 0 saturated carbocycles. The van der Waals surface area contributed by atoms with Crippen molar-refractivity contribution in [3.8, 4) is 0 Å². The highest BCUT2D eigenvalue weighted by Crippen LogP contribution is 2.13. The van der Waals surface area contributed by atoms with E-state index in [4.69, 9.17) is 0 Å². The minimum absolute atomic E-state index is 0.780. The quantitative estimate of drug-likeness (QED) is 0.843. The molecule has 0 fully saturated rings. The van der Waals surface area contributed by atoms with Gasteiger partial charge in [-0.15, -0.1) is 10.2 Å². The first-order valence-electron chi connectivity index (χ1n) is 3.91. The molecule has 2 aromatic heterocycles. The van der Waals surface area contributed by atoms with Crippen molar-refractivity contribution in [2.24, 2.45) is 0 Å². The summed E-state index contributed by atoms with van der Waals surface area (Å²) in [5.74, 6) is 0.780. The van der Waals surface area contributed by atoms with Crippen molar-refractivity contribution in [1.82, 2.24) is 19.6 Å². The van der Waals surface area contributed by atoms with Crippen molar-refractivity contribution >= 4 is 34.2 Å². The van der Waals surface area contributed by atoms with E-state index in [1.807, 2.05) is 11.3 Å². The predicted molar refractivity (Wildman–Crippen MR) is 57.7 cm³/mol. The van der Waals surface area contributed by atoms with Crippen molar-refractivity contribution in [2.75, 3.05) is 11.9 Å². The van der Waals surface area contributed by atoms with Gasteiger partial charge in [-0.3, -0.25) is 4.40 Å². The first-order chi connectivity index (χ1) is 6.33. The van der Waals surface area contributed by atoms with Crippen molar-refractivity contribution in [3.63, 3.8) is 0 Å². The molecule has 0 bridgehead atoms. The Balaban J connectivity index is 2.64. The summed E-state index contributed by atoms with van der Waals surface area (Å²) in [6.07, 6.45) is 3.44. The van der Waals surface area contributed by atoms with Gasteiger partial charge in [-0.2, -0.15) is 0 Å². The summed E-state index contributed by atoms with van der Waals surface area (Å²) in [7, 11) is 0. The first-order valence-corrected chi connectivity index (χ1v) is 4.99. The second-order valence-corrected chi connectivity index (χ2v) is 3.65. The molecule has 0 aliphatic carbocycles. The predicted octanol–water partition coefficient (Wildman–Crippen LogP) is 1.16. The maximum Gasteiger partial charge on any atom is 0.209 e. The fourth-order valence-corrected chi connectivity index (χ4v) is 1.59. The van der Waals surface area contributed by atoms with Crippen LogP contribution in [0.5, 0.6) is 0 Å². The fourth-order valence-electron chi connectivity index (χ4n) is 1.08. The third-order valence-electron chi connectivity index (χ3n) is 1.62. The van der Waals surface area contributed by atoms with E-state index in [0.29, 0.717) is 0 Å². The zero-order valence-electron chi connectivity index (χ0n) is 7.03. The van der Waals surface area contributed by atoms with E-state index in [0.717, 1.165) is 21.7 Å². The second kappa shape index (κ2) is 3.44. The van der Waals surface area contributed by atoms with Gasteiger partial charge >= 0.3 is 0 Å². The SMILES string of the molecule is CCNc1ncc(I)c2nncn12. The molecule has 68 valence electrons. The maximum absolute atomic E-state index is 4.23. The van der Waals surface area contributed by atoms with E-state index >= 15 is 0 Å². The van der Waals surface area contributed by atoms with Crippen LogP contribution in [0.15, 0.2) is 12.5 Å². The average molecular weight is 289 g/mol. The summed E-state index contributed by atoms with van der Waals surface area (Å²) in [6, 6.07) is 0. The van der Waals surface area contributed by atoms with Crippen molar-refractivity contribution in [2.45, 2.75) is 6.92 Å². The van der Waals surface area contributed by atoms with Crippen LogP contribution < -0.4 is 5.32 Å². The van der Waals surface area contributed by atoms with E-state index < -0.39 is 0 Å². The lowest BCUT2D eigenvalue weighted by molar-refractivity contribution is 1.02. The van der Waals surface area contributed by atoms with Crippen LogP contribution in [-0.4, -0.2) is 26.1 Å².